The Morgan fingerprint density at radius 3 is 1.55 bits per heavy atom. The number of halogens is 1. The van der Waals surface area contributed by atoms with E-state index in [-0.39, 0.29) is 0 Å². The van der Waals surface area contributed by atoms with E-state index in [4.69, 9.17) is 4.74 Å². The summed E-state index contributed by atoms with van der Waals surface area (Å²) in [6.45, 7) is 3.58. The number of benzene rings is 1. The van der Waals surface area contributed by atoms with E-state index in [2.05, 4.69) is 6.92 Å². The topological polar surface area (TPSA) is 9.23 Å². The van der Waals surface area contributed by atoms with Crippen LogP contribution in [0.15, 0.2) is 30.3 Å². The molecule has 0 N–H and O–H groups in total. The highest BCUT2D eigenvalue weighted by Crippen LogP contribution is 2.20. The highest BCUT2D eigenvalue weighted by molar-refractivity contribution is 5.17. The molecule has 0 aliphatic heterocycles. The SMILES string of the molecule is CCCCCCCCCCCCCCCCCCOCCC(F)c1ccccc1. The maximum absolute atomic E-state index is 14.0. The molecule has 0 aliphatic rings. The van der Waals surface area contributed by atoms with Crippen LogP contribution in [0.5, 0.6) is 0 Å². The highest BCUT2D eigenvalue weighted by Gasteiger charge is 2.08. The second-order valence-corrected chi connectivity index (χ2v) is 8.58. The van der Waals surface area contributed by atoms with Gasteiger partial charge in [0.2, 0.25) is 0 Å². The van der Waals surface area contributed by atoms with E-state index in [0.29, 0.717) is 13.0 Å². The fourth-order valence-electron chi connectivity index (χ4n) is 3.87. The molecule has 1 atom stereocenters. The molecule has 1 aromatic rings. The van der Waals surface area contributed by atoms with Crippen molar-refractivity contribution >= 4 is 0 Å². The molecule has 1 aromatic carbocycles. The van der Waals surface area contributed by atoms with E-state index in [0.717, 1.165) is 18.6 Å². The van der Waals surface area contributed by atoms with Crippen LogP contribution < -0.4 is 0 Å². The van der Waals surface area contributed by atoms with Crippen LogP contribution in [0, 0.1) is 0 Å². The molecule has 0 fully saturated rings. The van der Waals surface area contributed by atoms with Crippen LogP contribution in [0.1, 0.15) is 128 Å². The number of ether oxygens (including phenoxy) is 1. The largest absolute Gasteiger partial charge is 0.381 e. The van der Waals surface area contributed by atoms with Crippen molar-refractivity contribution in [1.29, 1.82) is 0 Å². The quantitative estimate of drug-likeness (QED) is 0.185. The Morgan fingerprint density at radius 1 is 0.621 bits per heavy atom. The molecule has 0 radical (unpaired) electrons. The summed E-state index contributed by atoms with van der Waals surface area (Å²) in [4.78, 5) is 0. The summed E-state index contributed by atoms with van der Waals surface area (Å²) in [6.07, 6.45) is 21.7. The second kappa shape index (κ2) is 20.4. The van der Waals surface area contributed by atoms with E-state index < -0.39 is 6.17 Å². The van der Waals surface area contributed by atoms with Crippen LogP contribution in [0.3, 0.4) is 0 Å². The molecule has 29 heavy (non-hydrogen) atoms. The van der Waals surface area contributed by atoms with Gasteiger partial charge >= 0.3 is 0 Å². The van der Waals surface area contributed by atoms with Crippen molar-refractivity contribution < 1.29 is 9.13 Å². The molecule has 0 heterocycles. The van der Waals surface area contributed by atoms with E-state index in [9.17, 15) is 4.39 Å². The lowest BCUT2D eigenvalue weighted by Gasteiger charge is -2.09. The molecule has 0 amide bonds. The average molecular weight is 407 g/mol. The van der Waals surface area contributed by atoms with Gasteiger partial charge in [-0.15, -0.1) is 0 Å². The zero-order valence-electron chi connectivity index (χ0n) is 19.2. The lowest BCUT2D eigenvalue weighted by Crippen LogP contribution is -2.01. The molecule has 168 valence electrons. The Balaban J connectivity index is 1.72. The summed E-state index contributed by atoms with van der Waals surface area (Å²) in [5.74, 6) is 0. The maximum atomic E-state index is 14.0. The number of hydrogen-bond acceptors (Lipinski definition) is 1. The van der Waals surface area contributed by atoms with Gasteiger partial charge in [-0.25, -0.2) is 4.39 Å². The first-order valence-corrected chi connectivity index (χ1v) is 12.6. The van der Waals surface area contributed by atoms with Crippen LogP contribution in [-0.2, 0) is 4.74 Å². The Kier molecular flexibility index (Phi) is 18.4. The molecule has 0 saturated heterocycles. The minimum absolute atomic E-state index is 0.461. The molecule has 2 heteroatoms. The fraction of sp³-hybridized carbons (Fsp3) is 0.778. The van der Waals surface area contributed by atoms with Crippen molar-refractivity contribution in [1.82, 2.24) is 0 Å². The molecule has 1 unspecified atom stereocenters. The van der Waals surface area contributed by atoms with Crippen molar-refractivity contribution in [3.63, 3.8) is 0 Å². The second-order valence-electron chi connectivity index (χ2n) is 8.58. The summed E-state index contributed by atoms with van der Waals surface area (Å²) < 4.78 is 19.6. The molecule has 0 saturated carbocycles. The van der Waals surface area contributed by atoms with Crippen molar-refractivity contribution in [3.05, 3.63) is 35.9 Å². The van der Waals surface area contributed by atoms with Crippen molar-refractivity contribution in [2.45, 2.75) is 122 Å². The number of rotatable bonds is 21. The third kappa shape index (κ3) is 16.6. The molecule has 0 aromatic heterocycles. The smallest absolute Gasteiger partial charge is 0.127 e. The zero-order valence-corrected chi connectivity index (χ0v) is 19.2. The maximum Gasteiger partial charge on any atom is 0.127 e. The normalized spacial score (nSPS) is 12.3. The summed E-state index contributed by atoms with van der Waals surface area (Å²) in [5.41, 5.74) is 0.763. The first kappa shape index (κ1) is 26.1. The average Bonchev–Trinajstić information content (AvgIpc) is 2.75. The third-order valence-corrected chi connectivity index (χ3v) is 5.82. The van der Waals surface area contributed by atoms with Crippen molar-refractivity contribution in [2.24, 2.45) is 0 Å². The van der Waals surface area contributed by atoms with Gasteiger partial charge in [0, 0.05) is 19.6 Å². The Labute approximate surface area is 180 Å². The van der Waals surface area contributed by atoms with Gasteiger partial charge in [0.1, 0.15) is 6.17 Å². The van der Waals surface area contributed by atoms with Crippen LogP contribution in [0.25, 0.3) is 0 Å². The van der Waals surface area contributed by atoms with E-state index in [1.807, 2.05) is 30.3 Å². The molecular formula is C27H47FO. The van der Waals surface area contributed by atoms with Gasteiger partial charge in [-0.3, -0.25) is 0 Å². The predicted octanol–water partition coefficient (Wildman–Crippen LogP) is 9.37. The van der Waals surface area contributed by atoms with E-state index >= 15 is 0 Å². The molecular weight excluding hydrogens is 359 g/mol. The van der Waals surface area contributed by atoms with Crippen LogP contribution in [-0.4, -0.2) is 13.2 Å². The highest BCUT2D eigenvalue weighted by atomic mass is 19.1. The standard InChI is InChI=1S/C27H47FO/c1-2-3-4-5-6-7-8-9-10-11-12-13-14-15-16-20-24-29-25-23-27(28)26-21-18-17-19-22-26/h17-19,21-22,27H,2-16,20,23-25H2,1H3. The summed E-state index contributed by atoms with van der Waals surface area (Å²) in [5, 5.41) is 0. The third-order valence-electron chi connectivity index (χ3n) is 5.82. The van der Waals surface area contributed by atoms with Crippen LogP contribution in [0.2, 0.25) is 0 Å². The predicted molar refractivity (Wildman–Crippen MR) is 125 cm³/mol. The van der Waals surface area contributed by atoms with Gasteiger partial charge in [-0.05, 0) is 12.0 Å². The Bertz CT molecular complexity index is 433. The minimum Gasteiger partial charge on any atom is -0.381 e. The van der Waals surface area contributed by atoms with E-state index in [1.165, 1.54) is 96.3 Å². The van der Waals surface area contributed by atoms with E-state index in [1.54, 1.807) is 0 Å². The molecule has 0 bridgehead atoms. The number of hydrogen-bond donors (Lipinski definition) is 0. The van der Waals surface area contributed by atoms with Crippen molar-refractivity contribution in [2.75, 3.05) is 13.2 Å². The Morgan fingerprint density at radius 2 is 1.07 bits per heavy atom. The monoisotopic (exact) mass is 406 g/mol. The zero-order chi connectivity index (χ0) is 20.8. The van der Waals surface area contributed by atoms with Crippen LogP contribution in [0.4, 0.5) is 4.39 Å². The summed E-state index contributed by atoms with van der Waals surface area (Å²) in [7, 11) is 0. The van der Waals surface area contributed by atoms with Gasteiger partial charge in [0.05, 0.1) is 0 Å². The lowest BCUT2D eigenvalue weighted by atomic mass is 10.0. The molecule has 0 spiro atoms. The van der Waals surface area contributed by atoms with Gasteiger partial charge in [-0.1, -0.05) is 134 Å². The van der Waals surface area contributed by atoms with Gasteiger partial charge in [0.25, 0.3) is 0 Å². The summed E-state index contributed by atoms with van der Waals surface area (Å²) >= 11 is 0. The molecule has 1 rings (SSSR count). The first-order chi connectivity index (χ1) is 14.3. The first-order valence-electron chi connectivity index (χ1n) is 12.6. The molecule has 1 nitrogen and oxygen atoms in total. The number of alkyl halides is 1. The van der Waals surface area contributed by atoms with Gasteiger partial charge < -0.3 is 4.74 Å². The van der Waals surface area contributed by atoms with Crippen LogP contribution >= 0.6 is 0 Å². The van der Waals surface area contributed by atoms with Crippen molar-refractivity contribution in [3.8, 4) is 0 Å². The number of unbranched alkanes of at least 4 members (excludes halogenated alkanes) is 15. The molecule has 0 aliphatic carbocycles. The summed E-state index contributed by atoms with van der Waals surface area (Å²) in [6, 6.07) is 9.39. The fourth-order valence-corrected chi connectivity index (χ4v) is 3.87. The Hall–Kier alpha value is -0.890. The van der Waals surface area contributed by atoms with Gasteiger partial charge in [-0.2, -0.15) is 0 Å². The lowest BCUT2D eigenvalue weighted by molar-refractivity contribution is 0.108. The minimum atomic E-state index is -0.901. The van der Waals surface area contributed by atoms with Gasteiger partial charge in [0.15, 0.2) is 0 Å².